The van der Waals surface area contributed by atoms with E-state index in [0.29, 0.717) is 26.1 Å². The Bertz CT molecular complexity index is 2120. The first-order chi connectivity index (χ1) is 23.3. The van der Waals surface area contributed by atoms with Crippen molar-refractivity contribution in [2.45, 2.75) is 43.4 Å². The molecule has 5 aromatic rings. The number of hydrazone groups is 1. The minimum absolute atomic E-state index is 0.0425. The molecule has 0 bridgehead atoms. The normalized spacial score (nSPS) is 19.0. The van der Waals surface area contributed by atoms with Gasteiger partial charge in [-0.1, -0.05) is 105 Å². The summed E-state index contributed by atoms with van der Waals surface area (Å²) in [7, 11) is 0. The van der Waals surface area contributed by atoms with Crippen LogP contribution in [0.1, 0.15) is 55.0 Å². The smallest absolute Gasteiger partial charge is 0.262 e. The topological polar surface area (TPSA) is 67.6 Å². The van der Waals surface area contributed by atoms with Crippen molar-refractivity contribution in [2.24, 2.45) is 11.0 Å². The number of rotatable bonds is 7. The predicted molar refractivity (Wildman–Crippen MR) is 200 cm³/mol. The summed E-state index contributed by atoms with van der Waals surface area (Å²) in [4.78, 5) is 33.2. The van der Waals surface area contributed by atoms with E-state index in [9.17, 15) is 9.59 Å². The summed E-state index contributed by atoms with van der Waals surface area (Å²) in [6, 6.07) is 30.2. The molecule has 48 heavy (non-hydrogen) atoms. The van der Waals surface area contributed by atoms with Gasteiger partial charge in [0.15, 0.2) is 5.16 Å². The number of amides is 1. The van der Waals surface area contributed by atoms with E-state index in [4.69, 9.17) is 33.3 Å². The third-order valence-electron chi connectivity index (χ3n) is 9.00. The second-order valence-electron chi connectivity index (χ2n) is 12.0. The van der Waals surface area contributed by atoms with Gasteiger partial charge in [0.1, 0.15) is 0 Å². The number of hydrogen-bond donors (Lipinski definition) is 0. The average Bonchev–Trinajstić information content (AvgIpc) is 3.50. The van der Waals surface area contributed by atoms with Crippen molar-refractivity contribution in [2.75, 3.05) is 5.75 Å². The van der Waals surface area contributed by atoms with Gasteiger partial charge < -0.3 is 0 Å². The molecule has 10 heteroatoms. The maximum Gasteiger partial charge on any atom is 0.262 e. The largest absolute Gasteiger partial charge is 0.280 e. The summed E-state index contributed by atoms with van der Waals surface area (Å²) in [5, 5.41) is 9.02. The molecule has 1 aromatic heterocycles. The fourth-order valence-electron chi connectivity index (χ4n) is 6.63. The Morgan fingerprint density at radius 1 is 1.00 bits per heavy atom. The molecule has 0 saturated heterocycles. The highest BCUT2D eigenvalue weighted by molar-refractivity contribution is 9.10. The lowest BCUT2D eigenvalue weighted by Gasteiger charge is -2.29. The number of aromatic nitrogens is 2. The molecule has 1 aliphatic heterocycles. The van der Waals surface area contributed by atoms with E-state index in [1.165, 1.54) is 11.8 Å². The van der Waals surface area contributed by atoms with Crippen LogP contribution in [0, 0.1) is 5.92 Å². The van der Waals surface area contributed by atoms with Crippen molar-refractivity contribution in [1.82, 2.24) is 14.6 Å². The summed E-state index contributed by atoms with van der Waals surface area (Å²) < 4.78 is 2.50. The molecule has 0 radical (unpaired) electrons. The number of fused-ring (bicyclic) bond motifs is 2. The van der Waals surface area contributed by atoms with Crippen LogP contribution in [0.4, 0.5) is 0 Å². The van der Waals surface area contributed by atoms with Crippen LogP contribution in [0.2, 0.25) is 10.0 Å². The number of benzene rings is 4. The van der Waals surface area contributed by atoms with E-state index in [1.54, 1.807) is 15.6 Å². The maximum absolute atomic E-state index is 14.3. The second-order valence-corrected chi connectivity index (χ2v) is 14.8. The Labute approximate surface area is 301 Å². The molecule has 1 fully saturated rings. The van der Waals surface area contributed by atoms with Crippen LogP contribution in [0.5, 0.6) is 0 Å². The first kappa shape index (κ1) is 32.8. The van der Waals surface area contributed by atoms with Crippen molar-refractivity contribution in [3.05, 3.63) is 144 Å². The molecule has 4 aromatic carbocycles. The van der Waals surface area contributed by atoms with E-state index in [-0.39, 0.29) is 35.2 Å². The summed E-state index contributed by atoms with van der Waals surface area (Å²) >= 11 is 17.2. The van der Waals surface area contributed by atoms with Gasteiger partial charge in [-0.2, -0.15) is 5.10 Å². The van der Waals surface area contributed by atoms with Gasteiger partial charge in [-0.15, -0.1) is 0 Å². The monoisotopic (exact) mass is 756 g/mol. The lowest BCUT2D eigenvalue weighted by atomic mass is 9.77. The Morgan fingerprint density at radius 3 is 2.44 bits per heavy atom. The zero-order valence-electron chi connectivity index (χ0n) is 26.0. The van der Waals surface area contributed by atoms with Crippen LogP contribution >= 0.6 is 50.9 Å². The van der Waals surface area contributed by atoms with E-state index >= 15 is 0 Å². The molecule has 3 unspecified atom stereocenters. The quantitative estimate of drug-likeness (QED) is 0.123. The van der Waals surface area contributed by atoms with E-state index in [1.807, 2.05) is 97.9 Å². The molecule has 1 saturated carbocycles. The van der Waals surface area contributed by atoms with Crippen LogP contribution in [0.3, 0.4) is 0 Å². The molecule has 3 atom stereocenters. The van der Waals surface area contributed by atoms with Crippen molar-refractivity contribution in [3.63, 3.8) is 0 Å². The zero-order valence-corrected chi connectivity index (χ0v) is 29.9. The Hall–Kier alpha value is -3.69. The molecule has 2 aliphatic rings. The number of carbonyl (C=O) groups excluding carboxylic acids is 1. The molecule has 242 valence electrons. The minimum Gasteiger partial charge on any atom is -0.280 e. The third kappa shape index (κ3) is 6.64. The minimum atomic E-state index is -0.301. The number of carbonyl (C=O) groups is 1. The highest BCUT2D eigenvalue weighted by Crippen LogP contribution is 2.45. The van der Waals surface area contributed by atoms with Crippen LogP contribution in [0.25, 0.3) is 17.0 Å². The lowest BCUT2D eigenvalue weighted by Crippen LogP contribution is -2.33. The Morgan fingerprint density at radius 2 is 1.71 bits per heavy atom. The van der Waals surface area contributed by atoms with Gasteiger partial charge in [-0.3, -0.25) is 14.2 Å². The third-order valence-corrected chi connectivity index (χ3v) is 10.9. The summed E-state index contributed by atoms with van der Waals surface area (Å²) in [5.41, 5.74) is 5.50. The van der Waals surface area contributed by atoms with Gasteiger partial charge in [0.05, 0.1) is 34.5 Å². The number of halogens is 3. The van der Waals surface area contributed by atoms with Crippen LogP contribution in [-0.4, -0.2) is 31.9 Å². The average molecular weight is 759 g/mol. The molecular weight excluding hydrogens is 727 g/mol. The number of nitrogens with zero attached hydrogens (tertiary/aromatic N) is 4. The van der Waals surface area contributed by atoms with Crippen molar-refractivity contribution in [3.8, 4) is 0 Å². The number of hydrogen-bond acceptors (Lipinski definition) is 5. The highest BCUT2D eigenvalue weighted by Gasteiger charge is 2.43. The molecule has 6 nitrogen and oxygen atoms in total. The first-order valence-corrected chi connectivity index (χ1v) is 18.3. The van der Waals surface area contributed by atoms with Gasteiger partial charge in [0.25, 0.3) is 11.5 Å². The summed E-state index contributed by atoms with van der Waals surface area (Å²) in [5.74, 6) is -0.0579. The molecule has 0 N–H and O–H groups in total. The number of allylic oxidation sites excluding steroid dienone is 1. The predicted octanol–water partition coefficient (Wildman–Crippen LogP) is 9.99. The molecular formula is C38H31BrCl2N4O2S. The van der Waals surface area contributed by atoms with Gasteiger partial charge in [0, 0.05) is 20.4 Å². The van der Waals surface area contributed by atoms with Crippen molar-refractivity contribution < 1.29 is 4.79 Å². The van der Waals surface area contributed by atoms with Crippen LogP contribution in [-0.2, 0) is 4.79 Å². The zero-order chi connectivity index (χ0) is 33.4. The molecule has 7 rings (SSSR count). The SMILES string of the molecule is CC(c1ccccc1)n1c(SCC(=O)N2N=C3/C(=C/c4ccc(Cl)cc4)CCCC3C2c2ccc(Cl)cc2)nc2ccc(Br)cc2c1=O. The maximum atomic E-state index is 14.3. The van der Waals surface area contributed by atoms with Crippen molar-refractivity contribution in [1.29, 1.82) is 0 Å². The van der Waals surface area contributed by atoms with Crippen LogP contribution in [0.15, 0.2) is 122 Å². The molecule has 1 aliphatic carbocycles. The lowest BCUT2D eigenvalue weighted by molar-refractivity contribution is -0.130. The fourth-order valence-corrected chi connectivity index (χ4v) is 8.17. The second kappa shape index (κ2) is 14.0. The molecule has 2 heterocycles. The van der Waals surface area contributed by atoms with Gasteiger partial charge >= 0.3 is 0 Å². The van der Waals surface area contributed by atoms with Crippen molar-refractivity contribution >= 4 is 79.5 Å². The summed E-state index contributed by atoms with van der Waals surface area (Å²) in [6.07, 6.45) is 4.94. The molecule has 0 spiro atoms. The summed E-state index contributed by atoms with van der Waals surface area (Å²) in [6.45, 7) is 1.98. The standard InChI is InChI=1S/C38H31BrCl2N4O2S/c1-23(25-6-3-2-4-7-25)44-37(47)32-21-28(39)14-19-33(32)42-38(44)48-22-34(46)45-36(26-12-17-30(41)18-13-26)31-9-5-8-27(35(31)43-45)20-24-10-15-29(40)16-11-24/h2-4,6-7,10-21,23,31,36H,5,8-9,22H2,1H3/b27-20+. The Balaban J connectivity index is 1.25. The van der Waals surface area contributed by atoms with Crippen LogP contribution < -0.4 is 5.56 Å². The van der Waals surface area contributed by atoms with E-state index < -0.39 is 0 Å². The van der Waals surface area contributed by atoms with Gasteiger partial charge in [0.2, 0.25) is 0 Å². The molecule has 1 amide bonds. The fraction of sp³-hybridized carbons (Fsp3) is 0.211. The van der Waals surface area contributed by atoms with Gasteiger partial charge in [-0.05, 0) is 97.0 Å². The van der Waals surface area contributed by atoms with Gasteiger partial charge in [-0.25, -0.2) is 9.99 Å². The van der Waals surface area contributed by atoms with E-state index in [0.717, 1.165) is 51.7 Å². The number of thioether (sulfide) groups is 1. The highest BCUT2D eigenvalue weighted by atomic mass is 79.9. The first-order valence-electron chi connectivity index (χ1n) is 15.8. The Kier molecular flexibility index (Phi) is 9.61. The van der Waals surface area contributed by atoms with E-state index in [2.05, 4.69) is 22.0 Å².